The number of nitrogens with one attached hydrogen (secondary N) is 1. The number of amides is 2. The predicted molar refractivity (Wildman–Crippen MR) is 93.1 cm³/mol. The Bertz CT molecular complexity index is 577. The zero-order valence-corrected chi connectivity index (χ0v) is 15.6. The van der Waals surface area contributed by atoms with Gasteiger partial charge in [0.25, 0.3) is 0 Å². The Labute approximate surface area is 149 Å². The quantitative estimate of drug-likeness (QED) is 0.798. The molecule has 7 nitrogen and oxygen atoms in total. The lowest BCUT2D eigenvalue weighted by Gasteiger charge is -2.35. The second kappa shape index (κ2) is 7.72. The molecule has 2 amide bonds. The number of hydrogen-bond acceptors (Lipinski definition) is 5. The van der Waals surface area contributed by atoms with E-state index in [0.717, 1.165) is 38.3 Å². The number of piperidine rings is 1. The van der Waals surface area contributed by atoms with Crippen LogP contribution in [0.15, 0.2) is 4.52 Å². The van der Waals surface area contributed by atoms with E-state index >= 15 is 0 Å². The van der Waals surface area contributed by atoms with Crippen LogP contribution in [0, 0.1) is 5.92 Å². The highest BCUT2D eigenvalue weighted by molar-refractivity contribution is 5.75. The Morgan fingerprint density at radius 3 is 2.84 bits per heavy atom. The van der Waals surface area contributed by atoms with E-state index in [0.29, 0.717) is 24.7 Å². The van der Waals surface area contributed by atoms with Crippen molar-refractivity contribution in [3.8, 4) is 0 Å². The first-order valence-corrected chi connectivity index (χ1v) is 9.41. The topological polar surface area (TPSA) is 80.5 Å². The number of carbonyl (C=O) groups excluding carboxylic acids is 1. The first-order valence-electron chi connectivity index (χ1n) is 9.41. The highest BCUT2D eigenvalue weighted by Gasteiger charge is 2.33. The summed E-state index contributed by atoms with van der Waals surface area (Å²) in [7, 11) is 0. The SMILES string of the molecule is CC(C)(C)NC(=O)N1CCCCC1c1nc(CCOCC2CC2)no1. The molecule has 1 N–H and O–H groups in total. The van der Waals surface area contributed by atoms with E-state index in [-0.39, 0.29) is 17.6 Å². The average molecular weight is 350 g/mol. The molecule has 1 saturated heterocycles. The van der Waals surface area contributed by atoms with Crippen molar-refractivity contribution in [1.82, 2.24) is 20.4 Å². The Morgan fingerprint density at radius 2 is 2.12 bits per heavy atom. The molecule has 1 unspecified atom stereocenters. The van der Waals surface area contributed by atoms with Crippen LogP contribution >= 0.6 is 0 Å². The van der Waals surface area contributed by atoms with E-state index in [2.05, 4.69) is 15.5 Å². The van der Waals surface area contributed by atoms with Crippen molar-refractivity contribution in [3.63, 3.8) is 0 Å². The summed E-state index contributed by atoms with van der Waals surface area (Å²) in [5.41, 5.74) is -0.266. The molecule has 3 rings (SSSR count). The third kappa shape index (κ3) is 5.42. The molecule has 2 heterocycles. The maximum atomic E-state index is 12.6. The molecule has 1 aromatic rings. The minimum Gasteiger partial charge on any atom is -0.381 e. The fourth-order valence-corrected chi connectivity index (χ4v) is 3.03. The highest BCUT2D eigenvalue weighted by atomic mass is 16.5. The largest absolute Gasteiger partial charge is 0.381 e. The van der Waals surface area contributed by atoms with Gasteiger partial charge in [-0.1, -0.05) is 5.16 Å². The normalized spacial score (nSPS) is 21.4. The van der Waals surface area contributed by atoms with Crippen molar-refractivity contribution in [2.45, 2.75) is 70.9 Å². The number of nitrogens with zero attached hydrogens (tertiary/aromatic N) is 3. The molecular weight excluding hydrogens is 320 g/mol. The molecule has 1 aliphatic carbocycles. The minimum atomic E-state index is -0.266. The van der Waals surface area contributed by atoms with Gasteiger partial charge in [0.2, 0.25) is 5.89 Å². The third-order valence-corrected chi connectivity index (χ3v) is 4.53. The summed E-state index contributed by atoms with van der Waals surface area (Å²) in [6.45, 7) is 8.13. The molecule has 2 aliphatic rings. The molecule has 2 fully saturated rings. The molecule has 1 saturated carbocycles. The van der Waals surface area contributed by atoms with Gasteiger partial charge in [-0.2, -0.15) is 4.98 Å². The molecule has 1 atom stereocenters. The summed E-state index contributed by atoms with van der Waals surface area (Å²) < 4.78 is 11.1. The molecular formula is C18H30N4O3. The van der Waals surface area contributed by atoms with Crippen LogP contribution in [-0.2, 0) is 11.2 Å². The number of urea groups is 1. The summed E-state index contributed by atoms with van der Waals surface area (Å²) in [4.78, 5) is 18.9. The number of aromatic nitrogens is 2. The predicted octanol–water partition coefficient (Wildman–Crippen LogP) is 3.07. The summed E-state index contributed by atoms with van der Waals surface area (Å²) in [6, 6.07) is -0.200. The van der Waals surface area contributed by atoms with E-state index in [1.54, 1.807) is 0 Å². The number of hydrogen-bond donors (Lipinski definition) is 1. The van der Waals surface area contributed by atoms with Gasteiger partial charge in [0, 0.05) is 25.1 Å². The second-order valence-electron chi connectivity index (χ2n) is 8.20. The van der Waals surface area contributed by atoms with Crippen LogP contribution in [0.2, 0.25) is 0 Å². The molecule has 1 aromatic heterocycles. The molecule has 1 aliphatic heterocycles. The molecule has 0 aromatic carbocycles. The van der Waals surface area contributed by atoms with Gasteiger partial charge in [-0.25, -0.2) is 4.79 Å². The van der Waals surface area contributed by atoms with Crippen molar-refractivity contribution in [1.29, 1.82) is 0 Å². The molecule has 25 heavy (non-hydrogen) atoms. The minimum absolute atomic E-state index is 0.0651. The fourth-order valence-electron chi connectivity index (χ4n) is 3.03. The summed E-state index contributed by atoms with van der Waals surface area (Å²) in [6.07, 6.45) is 6.16. The van der Waals surface area contributed by atoms with E-state index in [9.17, 15) is 4.79 Å². The highest BCUT2D eigenvalue weighted by Crippen LogP contribution is 2.30. The standard InChI is InChI=1S/C18H30N4O3/c1-18(2,3)20-17(23)22-10-5-4-6-14(22)16-19-15(21-25-16)9-11-24-12-13-7-8-13/h13-14H,4-12H2,1-3H3,(H,20,23). The molecule has 0 spiro atoms. The average Bonchev–Trinajstić information content (AvgIpc) is 3.26. The van der Waals surface area contributed by atoms with Crippen molar-refractivity contribution in [2.24, 2.45) is 5.92 Å². The van der Waals surface area contributed by atoms with E-state index < -0.39 is 0 Å². The van der Waals surface area contributed by atoms with Gasteiger partial charge in [-0.15, -0.1) is 0 Å². The van der Waals surface area contributed by atoms with Gasteiger partial charge >= 0.3 is 6.03 Å². The van der Waals surface area contributed by atoms with Gasteiger partial charge in [-0.3, -0.25) is 0 Å². The van der Waals surface area contributed by atoms with Crippen LogP contribution in [0.5, 0.6) is 0 Å². The zero-order valence-electron chi connectivity index (χ0n) is 15.6. The van der Waals surface area contributed by atoms with E-state index in [4.69, 9.17) is 9.26 Å². The Hall–Kier alpha value is -1.63. The smallest absolute Gasteiger partial charge is 0.318 e. The summed E-state index contributed by atoms with van der Waals surface area (Å²) in [5, 5.41) is 7.10. The van der Waals surface area contributed by atoms with Crippen LogP contribution in [0.1, 0.15) is 70.6 Å². The van der Waals surface area contributed by atoms with Gasteiger partial charge in [0.1, 0.15) is 6.04 Å². The van der Waals surface area contributed by atoms with Gasteiger partial charge in [-0.05, 0) is 58.8 Å². The van der Waals surface area contributed by atoms with Crippen LogP contribution in [0.25, 0.3) is 0 Å². The zero-order chi connectivity index (χ0) is 17.9. The summed E-state index contributed by atoms with van der Waals surface area (Å²) >= 11 is 0. The van der Waals surface area contributed by atoms with Crippen LogP contribution in [0.3, 0.4) is 0 Å². The van der Waals surface area contributed by atoms with E-state index in [1.807, 2.05) is 25.7 Å². The summed E-state index contributed by atoms with van der Waals surface area (Å²) in [5.74, 6) is 1.96. The van der Waals surface area contributed by atoms with Crippen LogP contribution in [-0.4, -0.2) is 46.4 Å². The second-order valence-corrected chi connectivity index (χ2v) is 8.20. The number of carbonyl (C=O) groups is 1. The lowest BCUT2D eigenvalue weighted by molar-refractivity contribution is 0.125. The van der Waals surface area contributed by atoms with Crippen molar-refractivity contribution >= 4 is 6.03 Å². The van der Waals surface area contributed by atoms with Crippen molar-refractivity contribution < 1.29 is 14.1 Å². The first-order chi connectivity index (χ1) is 11.9. The maximum absolute atomic E-state index is 12.6. The number of rotatable bonds is 6. The van der Waals surface area contributed by atoms with Crippen molar-refractivity contribution in [2.75, 3.05) is 19.8 Å². The molecule has 140 valence electrons. The Balaban J connectivity index is 1.57. The Morgan fingerprint density at radius 1 is 1.32 bits per heavy atom. The number of likely N-dealkylation sites (tertiary alicyclic amines) is 1. The first kappa shape index (κ1) is 18.2. The van der Waals surface area contributed by atoms with Gasteiger partial charge < -0.3 is 19.5 Å². The fraction of sp³-hybridized carbons (Fsp3) is 0.833. The maximum Gasteiger partial charge on any atom is 0.318 e. The Kier molecular flexibility index (Phi) is 5.61. The van der Waals surface area contributed by atoms with Gasteiger partial charge in [0.05, 0.1) is 6.61 Å². The lowest BCUT2D eigenvalue weighted by Crippen LogP contribution is -2.50. The third-order valence-electron chi connectivity index (χ3n) is 4.53. The van der Waals surface area contributed by atoms with Crippen LogP contribution < -0.4 is 5.32 Å². The van der Waals surface area contributed by atoms with Crippen LogP contribution in [0.4, 0.5) is 4.79 Å². The monoisotopic (exact) mass is 350 g/mol. The molecule has 7 heteroatoms. The van der Waals surface area contributed by atoms with Crippen molar-refractivity contribution in [3.05, 3.63) is 11.7 Å². The number of ether oxygens (including phenoxy) is 1. The van der Waals surface area contributed by atoms with E-state index in [1.165, 1.54) is 12.8 Å². The van der Waals surface area contributed by atoms with Gasteiger partial charge in [0.15, 0.2) is 5.82 Å². The molecule has 0 radical (unpaired) electrons. The lowest BCUT2D eigenvalue weighted by atomic mass is 10.0. The molecule has 0 bridgehead atoms.